The number of rotatable bonds is 2. The molecule has 0 saturated carbocycles. The van der Waals surface area contributed by atoms with Crippen molar-refractivity contribution in [1.82, 2.24) is 10.2 Å². The van der Waals surface area contributed by atoms with Crippen LogP contribution in [0, 0.1) is 6.92 Å². The van der Waals surface area contributed by atoms with Crippen molar-refractivity contribution in [2.75, 3.05) is 11.1 Å². The highest BCUT2D eigenvalue weighted by molar-refractivity contribution is 5.58. The molecule has 0 radical (unpaired) electrons. The fourth-order valence-electron chi connectivity index (χ4n) is 1.56. The van der Waals surface area contributed by atoms with Crippen LogP contribution in [0.3, 0.4) is 0 Å². The molecule has 100 valence electrons. The number of hydrogen-bond donors (Lipinski definition) is 2. The second-order valence-corrected chi connectivity index (χ2v) is 4.00. The van der Waals surface area contributed by atoms with Crippen molar-refractivity contribution < 1.29 is 13.2 Å². The van der Waals surface area contributed by atoms with E-state index in [1.165, 1.54) is 25.1 Å². The van der Waals surface area contributed by atoms with E-state index >= 15 is 0 Å². The zero-order valence-electron chi connectivity index (χ0n) is 9.99. The van der Waals surface area contributed by atoms with Crippen LogP contribution in [0.2, 0.25) is 0 Å². The van der Waals surface area contributed by atoms with Crippen molar-refractivity contribution in [3.63, 3.8) is 0 Å². The van der Waals surface area contributed by atoms with Gasteiger partial charge in [0.25, 0.3) is 0 Å². The van der Waals surface area contributed by atoms with E-state index in [4.69, 9.17) is 5.73 Å². The lowest BCUT2D eigenvalue weighted by atomic mass is 10.1. The van der Waals surface area contributed by atoms with Gasteiger partial charge in [-0.3, -0.25) is 0 Å². The summed E-state index contributed by atoms with van der Waals surface area (Å²) in [7, 11) is 0. The molecular weight excluding hydrogens is 257 g/mol. The average Bonchev–Trinajstić information content (AvgIpc) is 2.33. The molecule has 0 aliphatic heterocycles. The largest absolute Gasteiger partial charge is 0.416 e. The van der Waals surface area contributed by atoms with Crippen LogP contribution in [-0.4, -0.2) is 10.2 Å². The molecule has 19 heavy (non-hydrogen) atoms. The van der Waals surface area contributed by atoms with E-state index in [0.717, 1.165) is 6.07 Å². The summed E-state index contributed by atoms with van der Waals surface area (Å²) in [5.74, 6) is 0.566. The van der Waals surface area contributed by atoms with E-state index in [1.54, 1.807) is 6.07 Å². The first-order valence-electron chi connectivity index (χ1n) is 5.40. The molecule has 0 spiro atoms. The second-order valence-electron chi connectivity index (χ2n) is 4.00. The fraction of sp³-hybridized carbons (Fsp3) is 0.167. The van der Waals surface area contributed by atoms with Gasteiger partial charge in [0, 0.05) is 5.69 Å². The van der Waals surface area contributed by atoms with Crippen molar-refractivity contribution in [3.05, 3.63) is 41.5 Å². The molecule has 0 atom stereocenters. The number of nitrogen functional groups attached to an aromatic ring is 1. The van der Waals surface area contributed by atoms with E-state index in [2.05, 4.69) is 15.5 Å². The molecule has 7 heteroatoms. The van der Waals surface area contributed by atoms with E-state index in [-0.39, 0.29) is 17.1 Å². The standard InChI is InChI=1S/C12H11F3N4/c1-7-2-3-8(6-9(7)12(13,14)15)17-11-5-4-10(16)18-19-11/h2-6H,1H3,(H2,16,18)(H,17,19). The third-order valence-corrected chi connectivity index (χ3v) is 2.50. The number of anilines is 3. The number of halogens is 3. The summed E-state index contributed by atoms with van der Waals surface area (Å²) in [6.45, 7) is 1.41. The van der Waals surface area contributed by atoms with Crippen molar-refractivity contribution in [2.24, 2.45) is 0 Å². The molecule has 0 unspecified atom stereocenters. The van der Waals surface area contributed by atoms with E-state index in [0.29, 0.717) is 5.82 Å². The van der Waals surface area contributed by atoms with Gasteiger partial charge >= 0.3 is 6.18 Å². The van der Waals surface area contributed by atoms with E-state index in [1.807, 2.05) is 0 Å². The highest BCUT2D eigenvalue weighted by Gasteiger charge is 2.32. The van der Waals surface area contributed by atoms with Gasteiger partial charge in [-0.15, -0.1) is 10.2 Å². The molecule has 0 fully saturated rings. The fourth-order valence-corrected chi connectivity index (χ4v) is 1.56. The molecule has 3 N–H and O–H groups in total. The number of benzene rings is 1. The molecule has 2 aromatic rings. The smallest absolute Gasteiger partial charge is 0.382 e. The Morgan fingerprint density at radius 2 is 1.84 bits per heavy atom. The zero-order valence-corrected chi connectivity index (χ0v) is 9.99. The number of nitrogens with one attached hydrogen (secondary N) is 1. The van der Waals surface area contributed by atoms with Crippen molar-refractivity contribution in [3.8, 4) is 0 Å². The van der Waals surface area contributed by atoms with Gasteiger partial charge in [-0.2, -0.15) is 13.2 Å². The van der Waals surface area contributed by atoms with E-state index < -0.39 is 11.7 Å². The van der Waals surface area contributed by atoms with Crippen LogP contribution in [0.4, 0.5) is 30.5 Å². The number of nitrogens with zero attached hydrogens (tertiary/aromatic N) is 2. The average molecular weight is 268 g/mol. The van der Waals surface area contributed by atoms with Crippen molar-refractivity contribution in [1.29, 1.82) is 0 Å². The Labute approximate surface area is 107 Å². The van der Waals surface area contributed by atoms with Crippen molar-refractivity contribution >= 4 is 17.3 Å². The molecule has 0 bridgehead atoms. The second kappa shape index (κ2) is 4.75. The Hall–Kier alpha value is -2.31. The third-order valence-electron chi connectivity index (χ3n) is 2.50. The number of hydrogen-bond acceptors (Lipinski definition) is 4. The maximum atomic E-state index is 12.7. The minimum Gasteiger partial charge on any atom is -0.382 e. The topological polar surface area (TPSA) is 63.8 Å². The maximum Gasteiger partial charge on any atom is 0.416 e. The summed E-state index contributed by atoms with van der Waals surface area (Å²) in [5.41, 5.74) is 5.15. The molecule has 0 aliphatic rings. The molecule has 1 heterocycles. The molecule has 0 amide bonds. The summed E-state index contributed by atoms with van der Waals surface area (Å²) in [6, 6.07) is 7.02. The predicted molar refractivity (Wildman–Crippen MR) is 65.9 cm³/mol. The van der Waals surface area contributed by atoms with Gasteiger partial charge in [-0.05, 0) is 36.8 Å². The first-order chi connectivity index (χ1) is 8.86. The number of aryl methyl sites for hydroxylation is 1. The van der Waals surface area contributed by atoms with Gasteiger partial charge in [0.1, 0.15) is 5.82 Å². The SMILES string of the molecule is Cc1ccc(Nc2ccc(N)nn2)cc1C(F)(F)F. The quantitative estimate of drug-likeness (QED) is 0.878. The lowest BCUT2D eigenvalue weighted by molar-refractivity contribution is -0.138. The van der Waals surface area contributed by atoms with Crippen LogP contribution < -0.4 is 11.1 Å². The highest BCUT2D eigenvalue weighted by Crippen LogP contribution is 2.33. The van der Waals surface area contributed by atoms with Gasteiger partial charge in [0.05, 0.1) is 5.56 Å². The Balaban J connectivity index is 2.29. The minimum absolute atomic E-state index is 0.168. The van der Waals surface area contributed by atoms with Gasteiger partial charge < -0.3 is 11.1 Å². The Kier molecular flexibility index (Phi) is 3.28. The number of alkyl halides is 3. The highest BCUT2D eigenvalue weighted by atomic mass is 19.4. The lowest BCUT2D eigenvalue weighted by Crippen LogP contribution is -2.08. The number of nitrogens with two attached hydrogens (primary N) is 1. The summed E-state index contributed by atoms with van der Waals surface area (Å²) in [4.78, 5) is 0. The van der Waals surface area contributed by atoms with Crippen molar-refractivity contribution in [2.45, 2.75) is 13.1 Å². The van der Waals surface area contributed by atoms with Crippen LogP contribution in [0.1, 0.15) is 11.1 Å². The maximum absolute atomic E-state index is 12.7. The summed E-state index contributed by atoms with van der Waals surface area (Å²) >= 11 is 0. The third kappa shape index (κ3) is 3.12. The Morgan fingerprint density at radius 3 is 2.42 bits per heavy atom. The molecule has 0 saturated heterocycles. The van der Waals surface area contributed by atoms with Gasteiger partial charge in [0.2, 0.25) is 0 Å². The molecule has 4 nitrogen and oxygen atoms in total. The molecule has 0 aliphatic carbocycles. The Bertz CT molecular complexity index is 579. The molecule has 1 aromatic carbocycles. The van der Waals surface area contributed by atoms with Crippen LogP contribution >= 0.6 is 0 Å². The summed E-state index contributed by atoms with van der Waals surface area (Å²) in [6.07, 6.45) is -4.38. The van der Waals surface area contributed by atoms with E-state index in [9.17, 15) is 13.2 Å². The molecule has 2 rings (SSSR count). The van der Waals surface area contributed by atoms with Gasteiger partial charge in [-0.1, -0.05) is 6.07 Å². The summed E-state index contributed by atoms with van der Waals surface area (Å²) < 4.78 is 38.2. The Morgan fingerprint density at radius 1 is 1.11 bits per heavy atom. The van der Waals surface area contributed by atoms with Crippen LogP contribution in [-0.2, 0) is 6.18 Å². The van der Waals surface area contributed by atoms with Crippen LogP contribution in [0.5, 0.6) is 0 Å². The normalized spacial score (nSPS) is 11.4. The minimum atomic E-state index is -4.38. The first kappa shape index (κ1) is 13.1. The van der Waals surface area contributed by atoms with Gasteiger partial charge in [0.15, 0.2) is 5.82 Å². The molecular formula is C12H11F3N4. The lowest BCUT2D eigenvalue weighted by Gasteiger charge is -2.12. The zero-order chi connectivity index (χ0) is 14.0. The van der Waals surface area contributed by atoms with Crippen LogP contribution in [0.25, 0.3) is 0 Å². The molecule has 1 aromatic heterocycles. The predicted octanol–water partition coefficient (Wildman–Crippen LogP) is 3.13. The van der Waals surface area contributed by atoms with Crippen LogP contribution in [0.15, 0.2) is 30.3 Å². The van der Waals surface area contributed by atoms with Gasteiger partial charge in [-0.25, -0.2) is 0 Å². The number of aromatic nitrogens is 2. The summed E-state index contributed by atoms with van der Waals surface area (Å²) in [5, 5.41) is 10.1. The monoisotopic (exact) mass is 268 g/mol. The first-order valence-corrected chi connectivity index (χ1v) is 5.40.